The van der Waals surface area contributed by atoms with Crippen LogP contribution in [0.3, 0.4) is 0 Å². The molecule has 0 saturated carbocycles. The first-order chi connectivity index (χ1) is 14.5. The molecule has 6 heteroatoms. The van der Waals surface area contributed by atoms with E-state index in [1.807, 2.05) is 48.5 Å². The summed E-state index contributed by atoms with van der Waals surface area (Å²) in [6.45, 7) is 0. The lowest BCUT2D eigenvalue weighted by molar-refractivity contribution is -0.122. The van der Waals surface area contributed by atoms with E-state index in [4.69, 9.17) is 11.6 Å². The number of imide groups is 2. The molecule has 3 aromatic rings. The van der Waals surface area contributed by atoms with Crippen molar-refractivity contribution in [3.63, 3.8) is 0 Å². The third kappa shape index (κ3) is 3.88. The lowest BCUT2D eigenvalue weighted by atomic mass is 9.97. The summed E-state index contributed by atoms with van der Waals surface area (Å²) in [7, 11) is 0. The molecule has 3 aromatic carbocycles. The van der Waals surface area contributed by atoms with E-state index in [1.54, 1.807) is 30.3 Å². The molecule has 1 N–H and O–H groups in total. The molecular formula is C24H17ClN2O3. The number of carbonyl (C=O) groups is 3. The molecule has 0 bridgehead atoms. The summed E-state index contributed by atoms with van der Waals surface area (Å²) in [6.07, 6.45) is 2.06. The van der Waals surface area contributed by atoms with Crippen molar-refractivity contribution in [2.75, 3.05) is 4.90 Å². The van der Waals surface area contributed by atoms with Crippen molar-refractivity contribution < 1.29 is 14.4 Å². The van der Waals surface area contributed by atoms with Gasteiger partial charge in [-0.1, -0.05) is 72.3 Å². The van der Waals surface area contributed by atoms with Crippen LogP contribution in [0, 0.1) is 0 Å². The maximum Gasteiger partial charge on any atom is 0.335 e. The molecule has 4 amide bonds. The Balaban J connectivity index is 1.72. The van der Waals surface area contributed by atoms with E-state index < -0.39 is 17.8 Å². The van der Waals surface area contributed by atoms with Crippen molar-refractivity contribution >= 4 is 41.2 Å². The van der Waals surface area contributed by atoms with Crippen molar-refractivity contribution in [2.45, 2.75) is 6.42 Å². The second-order valence-corrected chi connectivity index (χ2v) is 7.17. The molecular weight excluding hydrogens is 400 g/mol. The standard InChI is InChI=1S/C24H17ClN2O3/c25-21-13-7-6-10-18(21)14-16-8-4-5-9-17(16)15-20-22(28)26-24(30)27(23(20)29)19-11-2-1-3-12-19/h1-13,15H,14H2,(H,26,28,30)/b20-15+. The number of hydrogen-bond acceptors (Lipinski definition) is 3. The van der Waals surface area contributed by atoms with E-state index in [9.17, 15) is 14.4 Å². The van der Waals surface area contributed by atoms with Gasteiger partial charge in [-0.3, -0.25) is 14.9 Å². The molecule has 0 aliphatic carbocycles. The van der Waals surface area contributed by atoms with Crippen LogP contribution < -0.4 is 10.2 Å². The van der Waals surface area contributed by atoms with Crippen LogP contribution in [-0.2, 0) is 16.0 Å². The number of hydrogen-bond donors (Lipinski definition) is 1. The Labute approximate surface area is 178 Å². The van der Waals surface area contributed by atoms with Gasteiger partial charge < -0.3 is 0 Å². The number of amides is 4. The van der Waals surface area contributed by atoms with Gasteiger partial charge in [0.2, 0.25) is 0 Å². The first kappa shape index (κ1) is 19.6. The minimum Gasteiger partial charge on any atom is -0.273 e. The summed E-state index contributed by atoms with van der Waals surface area (Å²) in [4.78, 5) is 38.7. The number of carbonyl (C=O) groups excluding carboxylic acids is 3. The maximum absolute atomic E-state index is 13.0. The fourth-order valence-corrected chi connectivity index (χ4v) is 3.51. The van der Waals surface area contributed by atoms with Gasteiger partial charge in [-0.2, -0.15) is 0 Å². The van der Waals surface area contributed by atoms with Crippen molar-refractivity contribution in [3.8, 4) is 0 Å². The predicted octanol–water partition coefficient (Wildman–Crippen LogP) is 4.60. The van der Waals surface area contributed by atoms with Crippen molar-refractivity contribution in [2.24, 2.45) is 0 Å². The van der Waals surface area contributed by atoms with E-state index >= 15 is 0 Å². The molecule has 1 saturated heterocycles. The van der Waals surface area contributed by atoms with E-state index in [1.165, 1.54) is 6.08 Å². The molecule has 30 heavy (non-hydrogen) atoms. The fourth-order valence-electron chi connectivity index (χ4n) is 3.31. The van der Waals surface area contributed by atoms with E-state index in [0.717, 1.165) is 16.0 Å². The number of urea groups is 1. The highest BCUT2D eigenvalue weighted by Gasteiger charge is 2.36. The zero-order chi connectivity index (χ0) is 21.1. The molecule has 0 unspecified atom stereocenters. The smallest absolute Gasteiger partial charge is 0.273 e. The fraction of sp³-hybridized carbons (Fsp3) is 0.0417. The summed E-state index contributed by atoms with van der Waals surface area (Å²) in [5.74, 6) is -1.38. The Kier molecular flexibility index (Phi) is 5.46. The normalized spacial score (nSPS) is 15.4. The Hall–Kier alpha value is -3.70. The molecule has 0 spiro atoms. The molecule has 0 aromatic heterocycles. The van der Waals surface area contributed by atoms with Gasteiger partial charge in [-0.05, 0) is 47.4 Å². The van der Waals surface area contributed by atoms with Crippen LogP contribution in [0.25, 0.3) is 6.08 Å². The third-order valence-corrected chi connectivity index (χ3v) is 5.18. The van der Waals surface area contributed by atoms with Gasteiger partial charge in [-0.15, -0.1) is 0 Å². The van der Waals surface area contributed by atoms with Crippen molar-refractivity contribution in [1.82, 2.24) is 5.32 Å². The molecule has 1 fully saturated rings. The number of halogens is 1. The number of anilines is 1. The number of para-hydroxylation sites is 1. The van der Waals surface area contributed by atoms with Crippen LogP contribution >= 0.6 is 11.6 Å². The minimum absolute atomic E-state index is 0.106. The molecule has 1 aliphatic rings. The lowest BCUT2D eigenvalue weighted by Gasteiger charge is -2.26. The lowest BCUT2D eigenvalue weighted by Crippen LogP contribution is -2.54. The average molecular weight is 417 g/mol. The van der Waals surface area contributed by atoms with Crippen LogP contribution in [0.5, 0.6) is 0 Å². The summed E-state index contributed by atoms with van der Waals surface area (Å²) in [6, 6.07) is 22.7. The van der Waals surface area contributed by atoms with Gasteiger partial charge in [0.05, 0.1) is 5.69 Å². The van der Waals surface area contributed by atoms with Gasteiger partial charge in [0, 0.05) is 5.02 Å². The van der Waals surface area contributed by atoms with Gasteiger partial charge in [0.25, 0.3) is 11.8 Å². The first-order valence-electron chi connectivity index (χ1n) is 9.32. The predicted molar refractivity (Wildman–Crippen MR) is 116 cm³/mol. The van der Waals surface area contributed by atoms with Gasteiger partial charge in [0.1, 0.15) is 5.57 Å². The summed E-state index contributed by atoms with van der Waals surface area (Å²) >= 11 is 6.29. The molecule has 1 heterocycles. The molecule has 0 atom stereocenters. The second-order valence-electron chi connectivity index (χ2n) is 6.76. The Bertz CT molecular complexity index is 1170. The highest BCUT2D eigenvalue weighted by atomic mass is 35.5. The first-order valence-corrected chi connectivity index (χ1v) is 9.70. The zero-order valence-corrected chi connectivity index (χ0v) is 16.6. The molecule has 148 valence electrons. The largest absolute Gasteiger partial charge is 0.335 e. The minimum atomic E-state index is -0.766. The van der Waals surface area contributed by atoms with Gasteiger partial charge in [0.15, 0.2) is 0 Å². The summed E-state index contributed by atoms with van der Waals surface area (Å²) in [5.41, 5.74) is 2.83. The molecule has 5 nitrogen and oxygen atoms in total. The van der Waals surface area contributed by atoms with Crippen LogP contribution in [0.15, 0.2) is 84.4 Å². The van der Waals surface area contributed by atoms with Gasteiger partial charge >= 0.3 is 6.03 Å². The SMILES string of the molecule is O=C1NC(=O)N(c2ccccc2)C(=O)/C1=C/c1ccccc1Cc1ccccc1Cl. The summed E-state index contributed by atoms with van der Waals surface area (Å²) in [5, 5.41) is 2.89. The highest BCUT2D eigenvalue weighted by Crippen LogP contribution is 2.25. The zero-order valence-electron chi connectivity index (χ0n) is 15.8. The van der Waals surface area contributed by atoms with Crippen LogP contribution in [0.4, 0.5) is 10.5 Å². The third-order valence-electron chi connectivity index (χ3n) is 4.81. The van der Waals surface area contributed by atoms with Crippen molar-refractivity contribution in [1.29, 1.82) is 0 Å². The van der Waals surface area contributed by atoms with E-state index in [0.29, 0.717) is 22.7 Å². The Morgan fingerprint density at radius 3 is 2.17 bits per heavy atom. The highest BCUT2D eigenvalue weighted by molar-refractivity contribution is 6.39. The van der Waals surface area contributed by atoms with Crippen LogP contribution in [-0.4, -0.2) is 17.8 Å². The Morgan fingerprint density at radius 2 is 1.43 bits per heavy atom. The number of nitrogens with one attached hydrogen (secondary N) is 1. The van der Waals surface area contributed by atoms with Crippen LogP contribution in [0.1, 0.15) is 16.7 Å². The number of rotatable bonds is 4. The Morgan fingerprint density at radius 1 is 0.800 bits per heavy atom. The molecule has 0 radical (unpaired) electrons. The van der Waals surface area contributed by atoms with Gasteiger partial charge in [-0.25, -0.2) is 9.69 Å². The molecule has 1 aliphatic heterocycles. The van der Waals surface area contributed by atoms with Crippen LogP contribution in [0.2, 0.25) is 5.02 Å². The monoisotopic (exact) mass is 416 g/mol. The van der Waals surface area contributed by atoms with E-state index in [-0.39, 0.29) is 5.57 Å². The van der Waals surface area contributed by atoms with Crippen molar-refractivity contribution in [3.05, 3.63) is 106 Å². The molecule has 4 rings (SSSR count). The number of nitrogens with zero attached hydrogens (tertiary/aromatic N) is 1. The second kappa shape index (κ2) is 8.35. The quantitative estimate of drug-likeness (QED) is 0.499. The average Bonchev–Trinajstić information content (AvgIpc) is 2.74. The van der Waals surface area contributed by atoms with E-state index in [2.05, 4.69) is 5.32 Å². The maximum atomic E-state index is 13.0. The topological polar surface area (TPSA) is 66.5 Å². The summed E-state index contributed by atoms with van der Waals surface area (Å²) < 4.78 is 0. The number of barbiturate groups is 1. The number of benzene rings is 3.